The van der Waals surface area contributed by atoms with Crippen LogP contribution in [-0.2, 0) is 11.0 Å². The average Bonchev–Trinajstić information content (AvgIpc) is 2.90. The molecule has 1 aliphatic heterocycles. The van der Waals surface area contributed by atoms with Crippen LogP contribution in [0.25, 0.3) is 0 Å². The first-order valence-corrected chi connectivity index (χ1v) is 6.90. The molecule has 1 aromatic rings. The van der Waals surface area contributed by atoms with E-state index in [0.29, 0.717) is 12.1 Å². The summed E-state index contributed by atoms with van der Waals surface area (Å²) in [5.41, 5.74) is -5.23. The van der Waals surface area contributed by atoms with Gasteiger partial charge in [-0.25, -0.2) is 0 Å². The van der Waals surface area contributed by atoms with E-state index >= 15 is 0 Å². The summed E-state index contributed by atoms with van der Waals surface area (Å²) in [6.07, 6.45) is -10.6. The normalized spacial score (nSPS) is 23.1. The van der Waals surface area contributed by atoms with Crippen LogP contribution in [0, 0.1) is 10.1 Å². The molecule has 2 atom stereocenters. The molecule has 1 heterocycles. The second-order valence-electron chi connectivity index (χ2n) is 5.69. The Bertz CT molecular complexity index is 776. The van der Waals surface area contributed by atoms with Crippen molar-refractivity contribution in [2.75, 3.05) is 5.32 Å². The van der Waals surface area contributed by atoms with E-state index in [4.69, 9.17) is 0 Å². The van der Waals surface area contributed by atoms with Crippen LogP contribution in [0.3, 0.4) is 0 Å². The van der Waals surface area contributed by atoms with Gasteiger partial charge in [0, 0.05) is 18.2 Å². The summed E-state index contributed by atoms with van der Waals surface area (Å²) in [5.74, 6) is -1.12. The zero-order valence-electron chi connectivity index (χ0n) is 12.9. The third-order valence-corrected chi connectivity index (χ3v) is 3.63. The van der Waals surface area contributed by atoms with Crippen molar-refractivity contribution in [1.29, 1.82) is 0 Å². The van der Waals surface area contributed by atoms with Crippen molar-refractivity contribution in [3.05, 3.63) is 33.9 Å². The Morgan fingerprint density at radius 3 is 2.38 bits per heavy atom. The second-order valence-corrected chi connectivity index (χ2v) is 5.69. The number of nitrogens with zero attached hydrogens (tertiary/aromatic N) is 3. The highest BCUT2D eigenvalue weighted by Crippen LogP contribution is 2.39. The molecule has 0 aliphatic carbocycles. The molecule has 142 valence electrons. The minimum Gasteiger partial charge on any atom is -0.324 e. The number of halogens is 6. The number of azo groups is 1. The quantitative estimate of drug-likeness (QED) is 0.483. The lowest BCUT2D eigenvalue weighted by atomic mass is 9.94. The molecule has 0 spiro atoms. The van der Waals surface area contributed by atoms with Crippen LogP contribution in [0.2, 0.25) is 0 Å². The fraction of sp³-hybridized carbons (Fsp3) is 0.462. The van der Waals surface area contributed by atoms with E-state index in [1.54, 1.807) is 0 Å². The number of hydrogen-bond acceptors (Lipinski definition) is 5. The molecule has 1 aromatic carbocycles. The summed E-state index contributed by atoms with van der Waals surface area (Å²) in [7, 11) is 0. The Morgan fingerprint density at radius 2 is 1.92 bits per heavy atom. The van der Waals surface area contributed by atoms with Gasteiger partial charge in [-0.2, -0.15) is 36.6 Å². The largest absolute Gasteiger partial charge is 0.423 e. The molecule has 26 heavy (non-hydrogen) atoms. The lowest BCUT2D eigenvalue weighted by molar-refractivity contribution is -0.388. The van der Waals surface area contributed by atoms with Gasteiger partial charge in [0.1, 0.15) is 5.56 Å². The summed E-state index contributed by atoms with van der Waals surface area (Å²) >= 11 is 0. The van der Waals surface area contributed by atoms with Gasteiger partial charge in [-0.15, -0.1) is 0 Å². The van der Waals surface area contributed by atoms with E-state index < -0.39 is 58.1 Å². The van der Waals surface area contributed by atoms with Crippen molar-refractivity contribution in [2.24, 2.45) is 10.2 Å². The van der Waals surface area contributed by atoms with Crippen LogP contribution < -0.4 is 5.32 Å². The van der Waals surface area contributed by atoms with Crippen molar-refractivity contribution < 1.29 is 36.1 Å². The molecule has 0 radical (unpaired) electrons. The van der Waals surface area contributed by atoms with E-state index in [0.717, 1.165) is 13.0 Å². The third-order valence-electron chi connectivity index (χ3n) is 3.63. The molecule has 0 saturated carbocycles. The SMILES string of the molecule is CC1(C(=O)Nc2ccc([N+](=O)[O-])c(C(F)(F)F)c2)CC(C(F)(F)F)N=N1. The zero-order chi connectivity index (χ0) is 19.9. The van der Waals surface area contributed by atoms with Crippen molar-refractivity contribution >= 4 is 17.3 Å². The number of nitro benzene ring substituents is 1. The van der Waals surface area contributed by atoms with Gasteiger partial charge in [0.05, 0.1) is 4.92 Å². The number of nitro groups is 1. The lowest BCUT2D eigenvalue weighted by Crippen LogP contribution is -2.40. The maximum Gasteiger partial charge on any atom is 0.423 e. The summed E-state index contributed by atoms with van der Waals surface area (Å²) in [5, 5.41) is 18.9. The predicted molar refractivity (Wildman–Crippen MR) is 74.4 cm³/mol. The number of benzene rings is 1. The van der Waals surface area contributed by atoms with Crippen molar-refractivity contribution in [3.63, 3.8) is 0 Å². The highest BCUT2D eigenvalue weighted by molar-refractivity contribution is 5.98. The van der Waals surface area contributed by atoms with Crippen LogP contribution in [0.4, 0.5) is 37.7 Å². The van der Waals surface area contributed by atoms with E-state index in [1.165, 1.54) is 0 Å². The first kappa shape index (κ1) is 19.6. The molecule has 0 bridgehead atoms. The minimum atomic E-state index is -5.07. The number of hydrogen-bond donors (Lipinski definition) is 1. The number of alkyl halides is 6. The Labute approximate surface area is 141 Å². The van der Waals surface area contributed by atoms with E-state index in [2.05, 4.69) is 10.2 Å². The van der Waals surface area contributed by atoms with Gasteiger partial charge in [-0.3, -0.25) is 14.9 Å². The fourth-order valence-electron chi connectivity index (χ4n) is 2.24. The van der Waals surface area contributed by atoms with Crippen LogP contribution >= 0.6 is 0 Å². The standard InChI is InChI=1S/C13H10F6N4O3/c1-11(5-9(21-22-11)13(17,18)19)10(24)20-6-2-3-8(23(25)26)7(4-6)12(14,15)16/h2-4,9H,5H2,1H3,(H,20,24). The first-order valence-electron chi connectivity index (χ1n) is 6.90. The summed E-state index contributed by atoms with van der Waals surface area (Å²) in [4.78, 5) is 21.6. The molecule has 1 N–H and O–H groups in total. The van der Waals surface area contributed by atoms with Crippen LogP contribution in [0.5, 0.6) is 0 Å². The third kappa shape index (κ3) is 3.91. The van der Waals surface area contributed by atoms with Gasteiger partial charge in [0.15, 0.2) is 11.6 Å². The Hall–Kier alpha value is -2.73. The number of amides is 1. The van der Waals surface area contributed by atoms with Gasteiger partial charge >= 0.3 is 12.4 Å². The molecular formula is C13H10F6N4O3. The number of rotatable bonds is 3. The first-order chi connectivity index (χ1) is 11.7. The van der Waals surface area contributed by atoms with Crippen LogP contribution in [0.1, 0.15) is 18.9 Å². The number of carbonyl (C=O) groups is 1. The maximum absolute atomic E-state index is 12.9. The zero-order valence-corrected chi connectivity index (χ0v) is 12.9. The maximum atomic E-state index is 12.9. The molecule has 13 heteroatoms. The Morgan fingerprint density at radius 1 is 1.31 bits per heavy atom. The van der Waals surface area contributed by atoms with Gasteiger partial charge in [0.25, 0.3) is 11.6 Å². The van der Waals surface area contributed by atoms with E-state index in [9.17, 15) is 41.3 Å². The molecule has 0 aromatic heterocycles. The van der Waals surface area contributed by atoms with Crippen LogP contribution in [-0.4, -0.2) is 28.6 Å². The average molecular weight is 384 g/mol. The predicted octanol–water partition coefficient (Wildman–Crippen LogP) is 4.10. The van der Waals surface area contributed by atoms with Crippen molar-refractivity contribution in [2.45, 2.75) is 37.3 Å². The van der Waals surface area contributed by atoms with Crippen molar-refractivity contribution in [3.8, 4) is 0 Å². The summed E-state index contributed by atoms with van der Waals surface area (Å²) < 4.78 is 76.6. The summed E-state index contributed by atoms with van der Waals surface area (Å²) in [6, 6.07) is -0.495. The van der Waals surface area contributed by atoms with Crippen molar-refractivity contribution in [1.82, 2.24) is 0 Å². The van der Waals surface area contributed by atoms with E-state index in [-0.39, 0.29) is 0 Å². The molecule has 1 amide bonds. The Kier molecular flexibility index (Phi) is 4.68. The molecular weight excluding hydrogens is 374 g/mol. The molecule has 0 saturated heterocycles. The lowest BCUT2D eigenvalue weighted by Gasteiger charge is -2.20. The van der Waals surface area contributed by atoms with Gasteiger partial charge in [0.2, 0.25) is 0 Å². The number of carbonyl (C=O) groups excluding carboxylic acids is 1. The highest BCUT2D eigenvalue weighted by Gasteiger charge is 2.51. The van der Waals surface area contributed by atoms with E-state index in [1.807, 2.05) is 5.32 Å². The van der Waals surface area contributed by atoms with Crippen LogP contribution in [0.15, 0.2) is 28.4 Å². The number of nitrogens with one attached hydrogen (secondary N) is 1. The smallest absolute Gasteiger partial charge is 0.324 e. The second kappa shape index (κ2) is 6.21. The molecule has 2 rings (SSSR count). The number of anilines is 1. The van der Waals surface area contributed by atoms with Gasteiger partial charge in [-0.1, -0.05) is 0 Å². The molecule has 7 nitrogen and oxygen atoms in total. The minimum absolute atomic E-state index is 0.326. The topological polar surface area (TPSA) is 97.0 Å². The molecule has 1 aliphatic rings. The Balaban J connectivity index is 2.25. The highest BCUT2D eigenvalue weighted by atomic mass is 19.4. The monoisotopic (exact) mass is 384 g/mol. The molecule has 2 unspecified atom stereocenters. The molecule has 0 fully saturated rings. The fourth-order valence-corrected chi connectivity index (χ4v) is 2.24. The van der Waals surface area contributed by atoms with Gasteiger partial charge < -0.3 is 5.32 Å². The summed E-state index contributed by atoms with van der Waals surface area (Å²) in [6.45, 7) is 1.05. The van der Waals surface area contributed by atoms with Gasteiger partial charge in [-0.05, 0) is 19.1 Å².